The van der Waals surface area contributed by atoms with Crippen LogP contribution in [0.5, 0.6) is 0 Å². The van der Waals surface area contributed by atoms with Crippen LogP contribution < -0.4 is 10.6 Å². The molecule has 4 aliphatic rings. The summed E-state index contributed by atoms with van der Waals surface area (Å²) in [6, 6.07) is 11.3. The maximum atomic E-state index is 13.6. The number of benzene rings is 2. The monoisotopic (exact) mass is 1510 g/mol. The van der Waals surface area contributed by atoms with Gasteiger partial charge in [0.25, 0.3) is 0 Å². The minimum absolute atomic E-state index is 0.233. The number of hydrogen-bond acceptors (Lipinski definition) is 37. The summed E-state index contributed by atoms with van der Waals surface area (Å²) in [5, 5.41) is 5.38. The number of amides is 2. The van der Waals surface area contributed by atoms with Gasteiger partial charge in [-0.3, -0.25) is 67.1 Å². The number of esters is 14. The molecule has 0 spiro atoms. The van der Waals surface area contributed by atoms with E-state index in [4.69, 9.17) is 94.7 Å². The highest BCUT2D eigenvalue weighted by Gasteiger charge is 2.60. The topological polar surface area (TPSA) is 465 Å². The number of nitrogens with one attached hydrogen (secondary N) is 2. The molecule has 37 nitrogen and oxygen atoms in total. The van der Waals surface area contributed by atoms with Crippen molar-refractivity contribution in [3.63, 3.8) is 0 Å². The number of hydrogen-bond donors (Lipinski definition) is 2. The van der Waals surface area contributed by atoms with Crippen LogP contribution in [0.25, 0.3) is 0 Å². The second-order valence-corrected chi connectivity index (χ2v) is 25.5. The summed E-state index contributed by atoms with van der Waals surface area (Å²) in [6.07, 6.45) is -29.9. The average Bonchev–Trinajstić information content (AvgIpc) is 0.770. The zero-order chi connectivity index (χ0) is 77.0. The van der Waals surface area contributed by atoms with Crippen molar-refractivity contribution in [2.24, 2.45) is 0 Å². The number of thioether (sulfide) groups is 2. The average molecular weight is 1510 g/mol. The van der Waals surface area contributed by atoms with Gasteiger partial charge in [-0.2, -0.15) is 0 Å². The van der Waals surface area contributed by atoms with Crippen molar-refractivity contribution in [3.8, 4) is 0 Å². The Morgan fingerprint density at radius 1 is 0.279 bits per heavy atom. The lowest BCUT2D eigenvalue weighted by molar-refractivity contribution is -0.341. The molecule has 104 heavy (non-hydrogen) atoms. The summed E-state index contributed by atoms with van der Waals surface area (Å²) >= 11 is 1.84. The van der Waals surface area contributed by atoms with Gasteiger partial charge in [0.15, 0.2) is 73.6 Å². The maximum absolute atomic E-state index is 13.6. The van der Waals surface area contributed by atoms with Gasteiger partial charge in [0.2, 0.25) is 0 Å². The van der Waals surface area contributed by atoms with Gasteiger partial charge in [-0.1, -0.05) is 23.5 Å². The SMILES string of the molecule is CC(=O)OC[C@H]1O[C@@H](Sc2ccc(NC(=O)Nc3ccc(S[C@@H]4O[C@H](COC(C)=O)[C@@H](O[C@@H]5O[C@H](COC(C)=O)[C@@H](OC(C)=O)[C@H](OC(C)=O)[C@H]5OC(C)=O)[C@H](OC(C)=O)[C@H]4OC(C)=O)cc3)cc2)[C@H](OC(C)=O)[C@@H](OC(C)=O)[C@@H]1O[C@@H]1O[C@H](COC(C)=O)[C@@H](OC(C)=O)[C@H](OC(C)=O)[C@H]1OC(C)=O. The predicted octanol–water partition coefficient (Wildman–Crippen LogP) is 2.75. The second-order valence-electron chi connectivity index (χ2n) is 23.2. The Morgan fingerprint density at radius 3 is 0.750 bits per heavy atom. The largest absolute Gasteiger partial charge is 0.463 e. The Balaban J connectivity index is 1.23. The normalized spacial score (nSPS) is 28.4. The Hall–Kier alpha value is -9.25. The van der Waals surface area contributed by atoms with Crippen LogP contribution in [0.1, 0.15) is 96.9 Å². The standard InChI is InChI=1S/C65H80N2O35S2/c1-27(68)83-23-45-49(87-31(5)72)53(89-33(7)74)57(93-37(11)78)61(97-45)101-51-47(25-85-29(3)70)99-63(59(95-39(13)80)55(51)91-35(9)76)103-43-19-15-41(16-20-43)66-65(82)67-42-17-21-44(22-18-42)104-64-60(96-40(14)81)56(92-36(10)77)52(48(100-64)26-86-30(4)71)102-62-58(94-38(12)79)54(90-34(8)75)50(88-32(6)73)46(98-62)24-84-28(2)69/h15-22,45-64H,23-26H2,1-14H3,(H2,66,67,82)/t45-,46-,47-,48-,49-,50-,51-,52-,53+,54+,55+,56+,57-,58-,59-,60-,61+,62+,63+,64+/m1/s1. The summed E-state index contributed by atoms with van der Waals surface area (Å²) in [5.74, 6) is -12.7. The van der Waals surface area contributed by atoms with E-state index in [2.05, 4.69) is 10.6 Å². The van der Waals surface area contributed by atoms with Crippen LogP contribution >= 0.6 is 23.5 Å². The fraction of sp³-hybridized carbons (Fsp3) is 0.585. The first kappa shape index (κ1) is 83.7. The summed E-state index contributed by atoms with van der Waals surface area (Å²) in [5.41, 5.74) is -2.20. The fourth-order valence-corrected chi connectivity index (χ4v) is 13.1. The van der Waals surface area contributed by atoms with Crippen LogP contribution in [0, 0.1) is 0 Å². The lowest BCUT2D eigenvalue weighted by Gasteiger charge is -2.48. The van der Waals surface area contributed by atoms with E-state index in [0.29, 0.717) is 9.79 Å². The third-order valence-corrected chi connectivity index (χ3v) is 16.8. The van der Waals surface area contributed by atoms with E-state index in [1.165, 1.54) is 48.5 Å². The number of carbonyl (C=O) groups is 15. The van der Waals surface area contributed by atoms with Gasteiger partial charge in [0.1, 0.15) is 73.9 Å². The number of anilines is 2. The zero-order valence-corrected chi connectivity index (χ0v) is 60.2. The lowest BCUT2D eigenvalue weighted by Crippen LogP contribution is -2.66. The first-order chi connectivity index (χ1) is 48.9. The predicted molar refractivity (Wildman–Crippen MR) is 344 cm³/mol. The van der Waals surface area contributed by atoms with Crippen LogP contribution in [0.15, 0.2) is 58.3 Å². The summed E-state index contributed by atoms with van der Waals surface area (Å²) < 4.78 is 116. The lowest BCUT2D eigenvalue weighted by atomic mass is 9.96. The third-order valence-electron chi connectivity index (χ3n) is 14.5. The van der Waals surface area contributed by atoms with Crippen LogP contribution in [0.4, 0.5) is 16.2 Å². The first-order valence-electron chi connectivity index (χ1n) is 31.7. The van der Waals surface area contributed by atoms with Gasteiger partial charge in [0, 0.05) is 118 Å². The van der Waals surface area contributed by atoms with E-state index < -0.39 is 237 Å². The van der Waals surface area contributed by atoms with Crippen molar-refractivity contribution in [3.05, 3.63) is 48.5 Å². The van der Waals surface area contributed by atoms with Crippen LogP contribution in [0.2, 0.25) is 0 Å². The molecule has 2 amide bonds. The molecule has 2 aromatic rings. The molecule has 2 N–H and O–H groups in total. The molecule has 0 aromatic heterocycles. The Labute approximate surface area is 602 Å². The van der Waals surface area contributed by atoms with Crippen molar-refractivity contribution >= 4 is 124 Å². The molecule has 6 rings (SSSR count). The molecule has 20 atom stereocenters. The minimum Gasteiger partial charge on any atom is -0.463 e. The van der Waals surface area contributed by atoms with Crippen molar-refractivity contribution < 1.29 is 167 Å². The Morgan fingerprint density at radius 2 is 0.500 bits per heavy atom. The smallest absolute Gasteiger partial charge is 0.323 e. The van der Waals surface area contributed by atoms with Crippen molar-refractivity contribution in [1.82, 2.24) is 0 Å². The summed E-state index contributed by atoms with van der Waals surface area (Å²) in [6.45, 7) is 11.9. The number of carbonyl (C=O) groups excluding carboxylic acids is 15. The summed E-state index contributed by atoms with van der Waals surface area (Å²) in [4.78, 5) is 191. The van der Waals surface area contributed by atoms with Gasteiger partial charge < -0.3 is 105 Å². The minimum atomic E-state index is -1.90. The maximum Gasteiger partial charge on any atom is 0.323 e. The van der Waals surface area contributed by atoms with Gasteiger partial charge in [-0.25, -0.2) is 4.79 Å². The third kappa shape index (κ3) is 25.6. The molecule has 4 heterocycles. The molecule has 4 saturated heterocycles. The van der Waals surface area contributed by atoms with Crippen LogP contribution in [-0.4, -0.2) is 237 Å². The number of ether oxygens (including phenoxy) is 20. The van der Waals surface area contributed by atoms with E-state index >= 15 is 0 Å². The van der Waals surface area contributed by atoms with Crippen molar-refractivity contribution in [2.75, 3.05) is 37.1 Å². The molecule has 2 aromatic carbocycles. The number of urea groups is 1. The fourth-order valence-electron chi connectivity index (χ4n) is 10.9. The van der Waals surface area contributed by atoms with E-state index in [-0.39, 0.29) is 11.4 Å². The highest BCUT2D eigenvalue weighted by atomic mass is 32.2. The quantitative estimate of drug-likeness (QED) is 0.0913. The molecule has 4 fully saturated rings. The molecular weight excluding hydrogens is 1430 g/mol. The van der Waals surface area contributed by atoms with Gasteiger partial charge in [0.05, 0.1) is 0 Å². The summed E-state index contributed by atoms with van der Waals surface area (Å²) in [7, 11) is 0. The molecule has 39 heteroatoms. The molecule has 0 unspecified atom stereocenters. The van der Waals surface area contributed by atoms with Gasteiger partial charge in [-0.05, 0) is 48.5 Å². The van der Waals surface area contributed by atoms with Crippen LogP contribution in [0.3, 0.4) is 0 Å². The first-order valence-corrected chi connectivity index (χ1v) is 33.5. The molecular formula is C65H80N2O35S2. The highest BCUT2D eigenvalue weighted by Crippen LogP contribution is 2.43. The van der Waals surface area contributed by atoms with E-state index in [1.807, 2.05) is 0 Å². The molecule has 0 aliphatic carbocycles. The van der Waals surface area contributed by atoms with Crippen molar-refractivity contribution in [2.45, 2.75) is 228 Å². The van der Waals surface area contributed by atoms with E-state index in [0.717, 1.165) is 120 Å². The van der Waals surface area contributed by atoms with E-state index in [9.17, 15) is 71.9 Å². The van der Waals surface area contributed by atoms with Gasteiger partial charge >= 0.3 is 89.6 Å². The Kier molecular flexibility index (Phi) is 31.4. The Bertz CT molecular complexity index is 3230. The molecule has 0 bridgehead atoms. The number of rotatable bonds is 28. The van der Waals surface area contributed by atoms with Crippen molar-refractivity contribution in [1.29, 1.82) is 0 Å². The molecule has 4 aliphatic heterocycles. The molecule has 0 saturated carbocycles. The van der Waals surface area contributed by atoms with Gasteiger partial charge in [-0.15, -0.1) is 0 Å². The molecule has 572 valence electrons. The van der Waals surface area contributed by atoms with Crippen LogP contribution in [-0.2, 0) is 162 Å². The highest BCUT2D eigenvalue weighted by molar-refractivity contribution is 8.00. The molecule has 0 radical (unpaired) electrons. The second kappa shape index (κ2) is 39.0. The van der Waals surface area contributed by atoms with E-state index in [1.54, 1.807) is 0 Å². The zero-order valence-electron chi connectivity index (χ0n) is 58.6.